The second-order valence-corrected chi connectivity index (χ2v) is 5.22. The Morgan fingerprint density at radius 2 is 2.32 bits per heavy atom. The third kappa shape index (κ3) is 2.84. The summed E-state index contributed by atoms with van der Waals surface area (Å²) in [4.78, 5) is 4.40. The van der Waals surface area contributed by atoms with Crippen LogP contribution in [0.3, 0.4) is 0 Å². The zero-order valence-corrected chi connectivity index (χ0v) is 11.3. The lowest BCUT2D eigenvalue weighted by atomic mass is 10.2. The lowest BCUT2D eigenvalue weighted by molar-refractivity contribution is 0.350. The van der Waals surface area contributed by atoms with Gasteiger partial charge in [0.25, 0.3) is 0 Å². The van der Waals surface area contributed by atoms with E-state index in [4.69, 9.17) is 4.52 Å². The minimum absolute atomic E-state index is 0.280. The van der Waals surface area contributed by atoms with Crippen molar-refractivity contribution in [1.82, 2.24) is 25.2 Å². The molecular weight excluding hydrogens is 242 g/mol. The molecule has 1 fully saturated rings. The molecule has 0 saturated heterocycles. The van der Waals surface area contributed by atoms with Crippen molar-refractivity contribution in [3.05, 3.63) is 30.2 Å². The number of hydrogen-bond donors (Lipinski definition) is 1. The van der Waals surface area contributed by atoms with Crippen molar-refractivity contribution in [2.24, 2.45) is 0 Å². The van der Waals surface area contributed by atoms with Gasteiger partial charge in [0.2, 0.25) is 5.89 Å². The van der Waals surface area contributed by atoms with Gasteiger partial charge in [0.15, 0.2) is 5.82 Å². The van der Waals surface area contributed by atoms with Crippen LogP contribution in [-0.4, -0.2) is 26.0 Å². The summed E-state index contributed by atoms with van der Waals surface area (Å²) in [7, 11) is 0. The first-order valence-corrected chi connectivity index (χ1v) is 6.79. The van der Waals surface area contributed by atoms with E-state index in [2.05, 4.69) is 34.4 Å². The van der Waals surface area contributed by atoms with Gasteiger partial charge in [-0.1, -0.05) is 5.16 Å². The summed E-state index contributed by atoms with van der Waals surface area (Å²) in [6, 6.07) is 2.50. The zero-order valence-electron chi connectivity index (χ0n) is 11.3. The van der Waals surface area contributed by atoms with Gasteiger partial charge in [-0.05, 0) is 32.8 Å². The number of hydrogen-bond acceptors (Lipinski definition) is 5. The molecule has 0 aromatic carbocycles. The number of nitrogens with zero attached hydrogens (tertiary/aromatic N) is 4. The fourth-order valence-corrected chi connectivity index (χ4v) is 2.01. The van der Waals surface area contributed by atoms with Crippen LogP contribution in [0.1, 0.15) is 50.4 Å². The molecule has 2 aromatic rings. The molecule has 0 aliphatic heterocycles. The Balaban J connectivity index is 1.53. The van der Waals surface area contributed by atoms with Crippen LogP contribution in [0.15, 0.2) is 23.0 Å². The predicted octanol–water partition coefficient (Wildman–Crippen LogP) is 1.88. The summed E-state index contributed by atoms with van der Waals surface area (Å²) in [6.45, 7) is 4.90. The van der Waals surface area contributed by atoms with Crippen LogP contribution in [0.2, 0.25) is 0 Å². The van der Waals surface area contributed by atoms with E-state index in [0.29, 0.717) is 12.5 Å². The lowest BCUT2D eigenvalue weighted by Gasteiger charge is -2.20. The topological polar surface area (TPSA) is 68.8 Å². The molecule has 2 aromatic heterocycles. The Labute approximate surface area is 112 Å². The lowest BCUT2D eigenvalue weighted by Crippen LogP contribution is -2.33. The SMILES string of the molecule is C[C@H](NCc1noc(C2CC2)n1)[C@@H](C)n1cccn1. The third-order valence-corrected chi connectivity index (χ3v) is 3.66. The van der Waals surface area contributed by atoms with Gasteiger partial charge in [-0.2, -0.15) is 10.1 Å². The highest BCUT2D eigenvalue weighted by Gasteiger charge is 2.29. The molecule has 2 heterocycles. The fraction of sp³-hybridized carbons (Fsp3) is 0.615. The molecule has 6 nitrogen and oxygen atoms in total. The zero-order chi connectivity index (χ0) is 13.2. The van der Waals surface area contributed by atoms with Crippen LogP contribution in [0.25, 0.3) is 0 Å². The van der Waals surface area contributed by atoms with E-state index in [0.717, 1.165) is 11.7 Å². The van der Waals surface area contributed by atoms with Gasteiger partial charge in [-0.3, -0.25) is 4.68 Å². The van der Waals surface area contributed by atoms with Gasteiger partial charge in [0, 0.05) is 24.4 Å². The molecule has 0 amide bonds. The Hall–Kier alpha value is -1.69. The van der Waals surface area contributed by atoms with Gasteiger partial charge in [0.05, 0.1) is 12.6 Å². The minimum Gasteiger partial charge on any atom is -0.339 e. The van der Waals surface area contributed by atoms with E-state index in [1.165, 1.54) is 12.8 Å². The largest absolute Gasteiger partial charge is 0.339 e. The van der Waals surface area contributed by atoms with Crippen LogP contribution in [0, 0.1) is 0 Å². The predicted molar refractivity (Wildman–Crippen MR) is 69.5 cm³/mol. The summed E-state index contributed by atoms with van der Waals surface area (Å²) >= 11 is 0. The summed E-state index contributed by atoms with van der Waals surface area (Å²) in [5, 5.41) is 11.7. The Bertz CT molecular complexity index is 517. The van der Waals surface area contributed by atoms with E-state index in [-0.39, 0.29) is 12.1 Å². The van der Waals surface area contributed by atoms with Crippen molar-refractivity contribution in [3.63, 3.8) is 0 Å². The standard InChI is InChI=1S/C13H19N5O/c1-9(10(2)18-7-3-6-15-18)14-8-12-16-13(19-17-12)11-4-5-11/h3,6-7,9-11,14H,4-5,8H2,1-2H3/t9-,10+/m0/s1. The number of aromatic nitrogens is 4. The molecule has 0 radical (unpaired) electrons. The summed E-state index contributed by atoms with van der Waals surface area (Å²) < 4.78 is 7.18. The molecule has 1 aliphatic rings. The van der Waals surface area contributed by atoms with Crippen LogP contribution < -0.4 is 5.32 Å². The van der Waals surface area contributed by atoms with Crippen molar-refractivity contribution in [2.45, 2.75) is 51.2 Å². The molecule has 2 atom stereocenters. The number of nitrogens with one attached hydrogen (secondary N) is 1. The minimum atomic E-state index is 0.280. The van der Waals surface area contributed by atoms with E-state index in [9.17, 15) is 0 Å². The second kappa shape index (κ2) is 5.13. The van der Waals surface area contributed by atoms with Crippen molar-refractivity contribution >= 4 is 0 Å². The van der Waals surface area contributed by atoms with Gasteiger partial charge >= 0.3 is 0 Å². The summed E-state index contributed by atoms with van der Waals surface area (Å²) in [5.74, 6) is 2.05. The fourth-order valence-electron chi connectivity index (χ4n) is 2.01. The van der Waals surface area contributed by atoms with Crippen LogP contribution in [0.4, 0.5) is 0 Å². The smallest absolute Gasteiger partial charge is 0.229 e. The van der Waals surface area contributed by atoms with Crippen molar-refractivity contribution in [1.29, 1.82) is 0 Å². The second-order valence-electron chi connectivity index (χ2n) is 5.22. The third-order valence-electron chi connectivity index (χ3n) is 3.66. The molecule has 1 saturated carbocycles. The van der Waals surface area contributed by atoms with Crippen molar-refractivity contribution < 1.29 is 4.52 Å². The first-order chi connectivity index (χ1) is 9.24. The monoisotopic (exact) mass is 261 g/mol. The quantitative estimate of drug-likeness (QED) is 0.860. The van der Waals surface area contributed by atoms with Gasteiger partial charge in [0.1, 0.15) is 0 Å². The molecule has 6 heteroatoms. The Morgan fingerprint density at radius 3 is 3.00 bits per heavy atom. The molecule has 3 rings (SSSR count). The highest BCUT2D eigenvalue weighted by atomic mass is 16.5. The average molecular weight is 261 g/mol. The molecule has 1 aliphatic carbocycles. The molecule has 19 heavy (non-hydrogen) atoms. The first-order valence-electron chi connectivity index (χ1n) is 6.79. The van der Waals surface area contributed by atoms with Crippen LogP contribution >= 0.6 is 0 Å². The van der Waals surface area contributed by atoms with E-state index in [1.807, 2.05) is 16.9 Å². The van der Waals surface area contributed by atoms with Crippen LogP contribution in [-0.2, 0) is 6.54 Å². The van der Waals surface area contributed by atoms with Crippen molar-refractivity contribution in [2.75, 3.05) is 0 Å². The average Bonchev–Trinajstić information content (AvgIpc) is 2.96. The highest BCUT2D eigenvalue weighted by molar-refractivity contribution is 5.01. The maximum atomic E-state index is 5.23. The summed E-state index contributed by atoms with van der Waals surface area (Å²) in [6.07, 6.45) is 6.14. The maximum Gasteiger partial charge on any atom is 0.229 e. The molecule has 0 bridgehead atoms. The van der Waals surface area contributed by atoms with Gasteiger partial charge in [-0.25, -0.2) is 0 Å². The van der Waals surface area contributed by atoms with Crippen molar-refractivity contribution in [3.8, 4) is 0 Å². The molecule has 102 valence electrons. The molecular formula is C13H19N5O. The highest BCUT2D eigenvalue weighted by Crippen LogP contribution is 2.38. The van der Waals surface area contributed by atoms with Gasteiger partial charge < -0.3 is 9.84 Å². The molecule has 0 unspecified atom stereocenters. The first kappa shape index (κ1) is 12.3. The normalized spacial score (nSPS) is 18.4. The molecule has 0 spiro atoms. The Morgan fingerprint density at radius 1 is 1.47 bits per heavy atom. The van der Waals surface area contributed by atoms with E-state index >= 15 is 0 Å². The molecule has 1 N–H and O–H groups in total. The number of rotatable bonds is 6. The van der Waals surface area contributed by atoms with E-state index in [1.54, 1.807) is 6.20 Å². The van der Waals surface area contributed by atoms with Crippen LogP contribution in [0.5, 0.6) is 0 Å². The Kier molecular flexibility index (Phi) is 3.33. The summed E-state index contributed by atoms with van der Waals surface area (Å²) in [5.41, 5.74) is 0. The van der Waals surface area contributed by atoms with Gasteiger partial charge in [-0.15, -0.1) is 0 Å². The maximum absolute atomic E-state index is 5.23. The van der Waals surface area contributed by atoms with E-state index < -0.39 is 0 Å².